The van der Waals surface area contributed by atoms with Crippen molar-refractivity contribution in [3.8, 4) is 11.3 Å². The highest BCUT2D eigenvalue weighted by Gasteiger charge is 2.22. The Hall–Kier alpha value is -2.31. The van der Waals surface area contributed by atoms with E-state index < -0.39 is 0 Å². The van der Waals surface area contributed by atoms with Crippen LogP contribution in [0.3, 0.4) is 0 Å². The lowest BCUT2D eigenvalue weighted by Gasteiger charge is -2.27. The van der Waals surface area contributed by atoms with E-state index in [-0.39, 0.29) is 12.1 Å². The quantitative estimate of drug-likeness (QED) is 0.824. The second kappa shape index (κ2) is 8.87. The average Bonchev–Trinajstić information content (AvgIpc) is 3.33. The first-order valence-electron chi connectivity index (χ1n) is 9.08. The van der Waals surface area contributed by atoms with Gasteiger partial charge in [-0.15, -0.1) is 0 Å². The molecule has 26 heavy (non-hydrogen) atoms. The number of furan rings is 1. The number of carbonyl (C=O) groups excluding carboxylic acids is 1. The molecule has 2 amide bonds. The van der Waals surface area contributed by atoms with Crippen LogP contribution in [0.25, 0.3) is 11.3 Å². The molecule has 1 aliphatic rings. The minimum Gasteiger partial charge on any atom is -0.464 e. The first-order valence-corrected chi connectivity index (χ1v) is 9.08. The average molecular weight is 357 g/mol. The van der Waals surface area contributed by atoms with Gasteiger partial charge in [-0.3, -0.25) is 0 Å². The molecule has 0 spiro atoms. The monoisotopic (exact) mass is 357 g/mol. The van der Waals surface area contributed by atoms with E-state index in [0.29, 0.717) is 13.1 Å². The first kappa shape index (κ1) is 18.5. The predicted molar refractivity (Wildman–Crippen MR) is 102 cm³/mol. The van der Waals surface area contributed by atoms with Crippen LogP contribution < -0.4 is 5.32 Å². The van der Waals surface area contributed by atoms with E-state index in [0.717, 1.165) is 43.0 Å². The second-order valence-electron chi connectivity index (χ2n) is 6.87. The maximum Gasteiger partial charge on any atom is 0.321 e. The van der Waals surface area contributed by atoms with Gasteiger partial charge in [-0.05, 0) is 63.3 Å². The third-order valence-electron chi connectivity index (χ3n) is 4.49. The molecule has 6 nitrogen and oxygen atoms in total. The molecular weight excluding hydrogens is 330 g/mol. The standard InChI is InChI=1S/C20H27N3O3/c1-22(2)11-12-23(15-18-5-3-13-25-18)20(24)21-17-9-7-16(8-10-17)19-6-4-14-26-19/h4,6-10,14,18H,3,5,11-13,15H2,1-2H3,(H,21,24)/t18-/m1/s1. The van der Waals surface area contributed by atoms with Gasteiger partial charge in [0.1, 0.15) is 5.76 Å². The van der Waals surface area contributed by atoms with Crippen LogP contribution >= 0.6 is 0 Å². The van der Waals surface area contributed by atoms with Crippen LogP contribution in [0.15, 0.2) is 47.1 Å². The summed E-state index contributed by atoms with van der Waals surface area (Å²) in [4.78, 5) is 16.7. The van der Waals surface area contributed by atoms with Crippen molar-refractivity contribution < 1.29 is 13.9 Å². The molecule has 1 aromatic carbocycles. The fourth-order valence-corrected chi connectivity index (χ4v) is 2.99. The number of amides is 2. The zero-order valence-corrected chi connectivity index (χ0v) is 15.5. The van der Waals surface area contributed by atoms with E-state index in [4.69, 9.17) is 9.15 Å². The molecule has 3 rings (SSSR count). The van der Waals surface area contributed by atoms with E-state index in [1.54, 1.807) is 6.26 Å². The molecular formula is C20H27N3O3. The third-order valence-corrected chi connectivity index (χ3v) is 4.49. The molecule has 0 unspecified atom stereocenters. The molecule has 0 saturated carbocycles. The topological polar surface area (TPSA) is 58.0 Å². The SMILES string of the molecule is CN(C)CCN(C[C@H]1CCCO1)C(=O)Nc1ccc(-c2ccco2)cc1. The number of benzene rings is 1. The number of rotatable bonds is 7. The van der Waals surface area contributed by atoms with Gasteiger partial charge in [-0.2, -0.15) is 0 Å². The Morgan fingerprint density at radius 2 is 2.00 bits per heavy atom. The van der Waals surface area contributed by atoms with Gasteiger partial charge in [-0.25, -0.2) is 4.79 Å². The van der Waals surface area contributed by atoms with Gasteiger partial charge in [0.2, 0.25) is 0 Å². The predicted octanol–water partition coefficient (Wildman–Crippen LogP) is 3.52. The van der Waals surface area contributed by atoms with E-state index in [1.165, 1.54) is 0 Å². The lowest BCUT2D eigenvalue weighted by Crippen LogP contribution is -2.43. The molecule has 1 N–H and O–H groups in total. The number of carbonyl (C=O) groups is 1. The third kappa shape index (κ3) is 5.09. The number of likely N-dealkylation sites (N-methyl/N-ethyl adjacent to an activating group) is 1. The fourth-order valence-electron chi connectivity index (χ4n) is 2.99. The molecule has 6 heteroatoms. The molecule has 140 valence electrons. The van der Waals surface area contributed by atoms with Gasteiger partial charge < -0.3 is 24.3 Å². The summed E-state index contributed by atoms with van der Waals surface area (Å²) in [6, 6.07) is 11.4. The van der Waals surface area contributed by atoms with Gasteiger partial charge in [0.25, 0.3) is 0 Å². The smallest absolute Gasteiger partial charge is 0.321 e. The minimum absolute atomic E-state index is 0.0897. The number of urea groups is 1. The Morgan fingerprint density at radius 1 is 1.19 bits per heavy atom. The second-order valence-corrected chi connectivity index (χ2v) is 6.87. The number of nitrogens with one attached hydrogen (secondary N) is 1. The summed E-state index contributed by atoms with van der Waals surface area (Å²) < 4.78 is 11.1. The zero-order valence-electron chi connectivity index (χ0n) is 15.5. The molecule has 2 heterocycles. The van der Waals surface area contributed by atoms with Crippen molar-refractivity contribution in [3.63, 3.8) is 0 Å². The first-order chi connectivity index (χ1) is 12.6. The van der Waals surface area contributed by atoms with E-state index >= 15 is 0 Å². The normalized spacial score (nSPS) is 16.8. The zero-order chi connectivity index (χ0) is 18.4. The van der Waals surface area contributed by atoms with Gasteiger partial charge in [0.05, 0.1) is 12.4 Å². The lowest BCUT2D eigenvalue weighted by atomic mass is 10.1. The van der Waals surface area contributed by atoms with Crippen LogP contribution in [0, 0.1) is 0 Å². The molecule has 1 atom stereocenters. The van der Waals surface area contributed by atoms with Crippen molar-refractivity contribution in [2.45, 2.75) is 18.9 Å². The van der Waals surface area contributed by atoms with Crippen molar-refractivity contribution in [2.24, 2.45) is 0 Å². The molecule has 1 aliphatic heterocycles. The van der Waals surface area contributed by atoms with Crippen molar-refractivity contribution in [1.29, 1.82) is 0 Å². The summed E-state index contributed by atoms with van der Waals surface area (Å²) in [5.41, 5.74) is 1.75. The van der Waals surface area contributed by atoms with Crippen LogP contribution in [0.2, 0.25) is 0 Å². The van der Waals surface area contributed by atoms with E-state index in [9.17, 15) is 4.79 Å². The Balaban J connectivity index is 1.61. The van der Waals surface area contributed by atoms with E-state index in [1.807, 2.05) is 55.4 Å². The Kier molecular flexibility index (Phi) is 6.30. The summed E-state index contributed by atoms with van der Waals surface area (Å²) in [5.74, 6) is 0.814. The van der Waals surface area contributed by atoms with Gasteiger partial charge in [-0.1, -0.05) is 0 Å². The summed E-state index contributed by atoms with van der Waals surface area (Å²) in [5, 5.41) is 2.99. The molecule has 1 fully saturated rings. The summed E-state index contributed by atoms with van der Waals surface area (Å²) in [7, 11) is 4.02. The molecule has 0 aliphatic carbocycles. The largest absolute Gasteiger partial charge is 0.464 e. The number of nitrogens with zero attached hydrogens (tertiary/aromatic N) is 2. The van der Waals surface area contributed by atoms with Crippen molar-refractivity contribution in [1.82, 2.24) is 9.80 Å². The van der Waals surface area contributed by atoms with Gasteiger partial charge in [0.15, 0.2) is 0 Å². The molecule has 0 bridgehead atoms. The maximum absolute atomic E-state index is 12.7. The van der Waals surface area contributed by atoms with Crippen LogP contribution in [0.5, 0.6) is 0 Å². The Labute approximate surface area is 154 Å². The summed E-state index contributed by atoms with van der Waals surface area (Å²) in [6.07, 6.45) is 3.88. The molecule has 2 aromatic rings. The molecule has 1 aromatic heterocycles. The minimum atomic E-state index is -0.0897. The number of anilines is 1. The number of ether oxygens (including phenoxy) is 1. The lowest BCUT2D eigenvalue weighted by molar-refractivity contribution is 0.0820. The highest BCUT2D eigenvalue weighted by molar-refractivity contribution is 5.89. The van der Waals surface area contributed by atoms with E-state index in [2.05, 4.69) is 10.2 Å². The van der Waals surface area contributed by atoms with Crippen molar-refractivity contribution in [2.75, 3.05) is 45.7 Å². The summed E-state index contributed by atoms with van der Waals surface area (Å²) in [6.45, 7) is 2.91. The number of hydrogen-bond acceptors (Lipinski definition) is 4. The molecule has 1 saturated heterocycles. The fraction of sp³-hybridized carbons (Fsp3) is 0.450. The van der Waals surface area contributed by atoms with Crippen LogP contribution in [-0.4, -0.2) is 62.3 Å². The van der Waals surface area contributed by atoms with Gasteiger partial charge >= 0.3 is 6.03 Å². The van der Waals surface area contributed by atoms with Crippen molar-refractivity contribution in [3.05, 3.63) is 42.7 Å². The number of hydrogen-bond donors (Lipinski definition) is 1. The Morgan fingerprint density at radius 3 is 2.62 bits per heavy atom. The van der Waals surface area contributed by atoms with Crippen LogP contribution in [0.1, 0.15) is 12.8 Å². The molecule has 0 radical (unpaired) electrons. The summed E-state index contributed by atoms with van der Waals surface area (Å²) >= 11 is 0. The highest BCUT2D eigenvalue weighted by Crippen LogP contribution is 2.22. The highest BCUT2D eigenvalue weighted by atomic mass is 16.5. The van der Waals surface area contributed by atoms with Crippen LogP contribution in [-0.2, 0) is 4.74 Å². The van der Waals surface area contributed by atoms with Crippen LogP contribution in [0.4, 0.5) is 10.5 Å². The Bertz CT molecular complexity index is 677. The maximum atomic E-state index is 12.7. The van der Waals surface area contributed by atoms with Crippen molar-refractivity contribution >= 4 is 11.7 Å². The van der Waals surface area contributed by atoms with Gasteiger partial charge in [0, 0.05) is 37.5 Å².